The summed E-state index contributed by atoms with van der Waals surface area (Å²) in [4.78, 5) is 41.4. The Balaban J connectivity index is 1.30. The molecule has 2 aromatic carbocycles. The molecule has 3 heterocycles. The van der Waals surface area contributed by atoms with Gasteiger partial charge in [0.1, 0.15) is 6.67 Å². The molecule has 9 heteroatoms. The second-order valence-electron chi connectivity index (χ2n) is 10.6. The highest BCUT2D eigenvalue weighted by molar-refractivity contribution is 7.98. The largest absolute Gasteiger partial charge is 0.502 e. The molecule has 2 amide bonds. The molecular weight excluding hydrogens is 500 g/mol. The molecule has 38 heavy (non-hydrogen) atoms. The number of carbonyl (C=O) groups excluding carboxylic acids is 2. The van der Waals surface area contributed by atoms with Crippen molar-refractivity contribution >= 4 is 23.6 Å². The number of fused-ring (bicyclic) bond motifs is 3. The Morgan fingerprint density at radius 2 is 1.71 bits per heavy atom. The number of benzene rings is 2. The van der Waals surface area contributed by atoms with Gasteiger partial charge >= 0.3 is 0 Å². The Labute approximate surface area is 224 Å². The molecule has 1 aromatic heterocycles. The summed E-state index contributed by atoms with van der Waals surface area (Å²) >= 11 is 1.79. The maximum Gasteiger partial charge on any atom is 0.278 e. The molecule has 2 aliphatic heterocycles. The van der Waals surface area contributed by atoms with E-state index in [9.17, 15) is 19.5 Å². The van der Waals surface area contributed by atoms with Crippen LogP contribution in [0.3, 0.4) is 0 Å². The van der Waals surface area contributed by atoms with Crippen LogP contribution in [0.4, 0.5) is 0 Å². The van der Waals surface area contributed by atoms with E-state index in [4.69, 9.17) is 0 Å². The summed E-state index contributed by atoms with van der Waals surface area (Å²) in [6.07, 6.45) is 4.81. The Morgan fingerprint density at radius 3 is 2.50 bits per heavy atom. The molecular formula is C29H28N4O4S. The predicted octanol–water partition coefficient (Wildman–Crippen LogP) is 3.36. The van der Waals surface area contributed by atoms with Crippen LogP contribution in [0.25, 0.3) is 0 Å². The fraction of sp³-hybridized carbons (Fsp3) is 0.345. The van der Waals surface area contributed by atoms with Crippen molar-refractivity contribution in [2.45, 2.75) is 54.5 Å². The van der Waals surface area contributed by atoms with Gasteiger partial charge in [0.25, 0.3) is 5.91 Å². The third-order valence-corrected chi connectivity index (χ3v) is 9.32. The van der Waals surface area contributed by atoms with Crippen LogP contribution >= 0.6 is 11.8 Å². The third kappa shape index (κ3) is 3.79. The van der Waals surface area contributed by atoms with E-state index in [0.29, 0.717) is 19.5 Å². The number of aromatic nitrogens is 1. The molecule has 0 unspecified atom stereocenters. The van der Waals surface area contributed by atoms with Gasteiger partial charge in [0.05, 0.1) is 6.04 Å². The van der Waals surface area contributed by atoms with Crippen molar-refractivity contribution in [2.24, 2.45) is 5.92 Å². The second kappa shape index (κ2) is 8.94. The summed E-state index contributed by atoms with van der Waals surface area (Å²) in [5.41, 5.74) is 2.86. The van der Waals surface area contributed by atoms with E-state index in [0.717, 1.165) is 34.6 Å². The highest BCUT2D eigenvalue weighted by Crippen LogP contribution is 2.43. The minimum atomic E-state index is -0.577. The Kier molecular flexibility index (Phi) is 5.51. The number of hydrogen-bond acceptors (Lipinski definition) is 6. The van der Waals surface area contributed by atoms with E-state index in [1.807, 2.05) is 24.3 Å². The van der Waals surface area contributed by atoms with Gasteiger partial charge in [0, 0.05) is 40.9 Å². The normalized spacial score (nSPS) is 24.0. The maximum absolute atomic E-state index is 13.7. The first-order valence-corrected chi connectivity index (χ1v) is 14.1. The van der Waals surface area contributed by atoms with Gasteiger partial charge in [0.2, 0.25) is 11.3 Å². The molecule has 2 aliphatic carbocycles. The Hall–Kier alpha value is -3.72. The van der Waals surface area contributed by atoms with Crippen LogP contribution in [0.15, 0.2) is 70.5 Å². The fourth-order valence-electron chi connectivity index (χ4n) is 5.88. The molecule has 1 atom stereocenters. The van der Waals surface area contributed by atoms with Gasteiger partial charge in [-0.15, -0.1) is 11.8 Å². The quantitative estimate of drug-likeness (QED) is 0.539. The van der Waals surface area contributed by atoms with Gasteiger partial charge in [-0.1, -0.05) is 42.5 Å². The number of nitrogens with zero attached hydrogens (tertiary/aromatic N) is 3. The minimum Gasteiger partial charge on any atom is -0.502 e. The number of thioether (sulfide) groups is 1. The van der Waals surface area contributed by atoms with E-state index >= 15 is 0 Å². The van der Waals surface area contributed by atoms with Crippen LogP contribution in [0.1, 0.15) is 58.9 Å². The van der Waals surface area contributed by atoms with Gasteiger partial charge in [-0.25, -0.2) is 0 Å². The molecule has 0 radical (unpaired) electrons. The molecule has 4 aliphatic rings. The summed E-state index contributed by atoms with van der Waals surface area (Å²) in [5, 5.41) is 16.0. The topological polar surface area (TPSA) is 94.9 Å². The molecule has 7 rings (SSSR count). The van der Waals surface area contributed by atoms with Crippen molar-refractivity contribution in [3.63, 3.8) is 0 Å². The fourth-order valence-corrected chi connectivity index (χ4v) is 6.98. The highest BCUT2D eigenvalue weighted by Gasteiger charge is 2.45. The summed E-state index contributed by atoms with van der Waals surface area (Å²) in [5.74, 6) is 0.185. The molecule has 8 nitrogen and oxygen atoms in total. The number of pyridine rings is 1. The molecule has 0 bridgehead atoms. The summed E-state index contributed by atoms with van der Waals surface area (Å²) < 4.78 is 1.66. The highest BCUT2D eigenvalue weighted by atomic mass is 32.2. The van der Waals surface area contributed by atoms with E-state index in [-0.39, 0.29) is 41.6 Å². The van der Waals surface area contributed by atoms with E-state index < -0.39 is 11.2 Å². The number of aromatic hydroxyl groups is 1. The van der Waals surface area contributed by atoms with Crippen LogP contribution in [0.2, 0.25) is 0 Å². The van der Waals surface area contributed by atoms with Crippen molar-refractivity contribution in [3.05, 3.63) is 93.4 Å². The summed E-state index contributed by atoms with van der Waals surface area (Å²) in [7, 11) is 0. The number of nitrogens with one attached hydrogen (secondary N) is 1. The monoisotopic (exact) mass is 528 g/mol. The second-order valence-corrected chi connectivity index (χ2v) is 11.6. The Bertz CT molecular complexity index is 1460. The lowest BCUT2D eigenvalue weighted by Crippen LogP contribution is -2.63. The van der Waals surface area contributed by atoms with E-state index in [1.54, 1.807) is 27.5 Å². The summed E-state index contributed by atoms with van der Waals surface area (Å²) in [6.45, 7) is 0.292. The molecule has 0 saturated heterocycles. The van der Waals surface area contributed by atoms with Gasteiger partial charge < -0.3 is 15.3 Å². The lowest BCUT2D eigenvalue weighted by Gasteiger charge is -2.50. The van der Waals surface area contributed by atoms with Crippen molar-refractivity contribution < 1.29 is 14.7 Å². The SMILES string of the molecule is O=C(NC1CC(N2CN([C@H]3c4ccccc4CSc4ccccc43)n3ccc(=O)c(O)c3C2=O)C1)C1CC1. The number of hydrogen-bond donors (Lipinski definition) is 2. The van der Waals surface area contributed by atoms with Crippen molar-refractivity contribution in [2.75, 3.05) is 11.7 Å². The first kappa shape index (κ1) is 23.4. The maximum atomic E-state index is 13.7. The van der Waals surface area contributed by atoms with E-state index in [2.05, 4.69) is 34.6 Å². The first-order valence-electron chi connectivity index (χ1n) is 13.1. The summed E-state index contributed by atoms with van der Waals surface area (Å²) in [6, 6.07) is 17.6. The van der Waals surface area contributed by atoms with Crippen molar-refractivity contribution in [3.8, 4) is 5.75 Å². The molecule has 194 valence electrons. The molecule has 2 saturated carbocycles. The zero-order chi connectivity index (χ0) is 26.0. The lowest BCUT2D eigenvalue weighted by molar-refractivity contribution is -0.123. The molecule has 3 aromatic rings. The number of rotatable bonds is 4. The van der Waals surface area contributed by atoms with Gasteiger partial charge in [0.15, 0.2) is 11.4 Å². The van der Waals surface area contributed by atoms with Crippen LogP contribution < -0.4 is 15.8 Å². The van der Waals surface area contributed by atoms with Crippen LogP contribution in [0, 0.1) is 5.92 Å². The predicted molar refractivity (Wildman–Crippen MR) is 144 cm³/mol. The number of amides is 2. The standard InChI is InChI=1S/C29H28N4O4S/c34-23-11-12-32-26(27(23)35)29(37)31(20-13-19(14-20)30-28(36)17-9-10-17)16-33(32)25-21-6-2-1-5-18(21)15-38-24-8-4-3-7-22(24)25/h1-8,11-12,17,19-20,25,35H,9-10,13-16H2,(H,30,36)/t19?,20?,25-/m0/s1. The van der Waals surface area contributed by atoms with Crippen LogP contribution in [0.5, 0.6) is 5.75 Å². The zero-order valence-corrected chi connectivity index (χ0v) is 21.6. The lowest BCUT2D eigenvalue weighted by atomic mass is 9.85. The van der Waals surface area contributed by atoms with Crippen LogP contribution in [-0.2, 0) is 10.5 Å². The van der Waals surface area contributed by atoms with Crippen molar-refractivity contribution in [1.29, 1.82) is 0 Å². The van der Waals surface area contributed by atoms with E-state index in [1.165, 1.54) is 11.6 Å². The van der Waals surface area contributed by atoms with Gasteiger partial charge in [-0.2, -0.15) is 0 Å². The Morgan fingerprint density at radius 1 is 0.974 bits per heavy atom. The minimum absolute atomic E-state index is 0.0129. The first-order chi connectivity index (χ1) is 18.5. The average Bonchev–Trinajstić information content (AvgIpc) is 3.76. The van der Waals surface area contributed by atoms with Gasteiger partial charge in [-0.05, 0) is 48.4 Å². The smallest absolute Gasteiger partial charge is 0.278 e. The molecule has 0 spiro atoms. The van der Waals surface area contributed by atoms with Crippen molar-refractivity contribution in [1.82, 2.24) is 14.9 Å². The molecule has 2 fully saturated rings. The molecule has 2 N–H and O–H groups in total. The van der Waals surface area contributed by atoms with Gasteiger partial charge in [-0.3, -0.25) is 24.1 Å². The third-order valence-electron chi connectivity index (χ3n) is 8.18. The average molecular weight is 529 g/mol. The number of carbonyl (C=O) groups is 2. The zero-order valence-electron chi connectivity index (χ0n) is 20.7. The van der Waals surface area contributed by atoms with Crippen LogP contribution in [-0.4, -0.2) is 45.2 Å².